The highest BCUT2D eigenvalue weighted by Gasteiger charge is 2.01. The van der Waals surface area contributed by atoms with E-state index in [9.17, 15) is 0 Å². The topological polar surface area (TPSA) is 27.1 Å². The number of thiol groups is 1. The van der Waals surface area contributed by atoms with Gasteiger partial charge in [-0.2, -0.15) is 17.7 Å². The maximum Gasteiger partial charge on any atom is 0.157 e. The van der Waals surface area contributed by atoms with E-state index in [0.29, 0.717) is 6.04 Å². The summed E-state index contributed by atoms with van der Waals surface area (Å²) >= 11 is 4.22. The minimum atomic E-state index is 0.398. The van der Waals surface area contributed by atoms with Crippen molar-refractivity contribution in [2.24, 2.45) is 0 Å². The maximum atomic E-state index is 5.69. The highest BCUT2D eigenvalue weighted by atomic mass is 32.1. The lowest BCUT2D eigenvalue weighted by Gasteiger charge is -2.05. The molecule has 0 aromatic carbocycles. The van der Waals surface area contributed by atoms with Crippen molar-refractivity contribution in [3.8, 4) is 5.75 Å². The van der Waals surface area contributed by atoms with Gasteiger partial charge in [-0.05, 0) is 32.4 Å². The number of hydrogen-bond donors (Lipinski definition) is 1. The zero-order valence-corrected chi connectivity index (χ0v) is 13.2. The number of nitrogens with zero attached hydrogens (tertiary/aromatic N) is 2. The van der Waals surface area contributed by atoms with Gasteiger partial charge in [-0.3, -0.25) is 4.68 Å². The molecule has 0 saturated heterocycles. The Morgan fingerprint density at radius 2 is 1.74 bits per heavy atom. The first-order valence-corrected chi connectivity index (χ1v) is 8.15. The van der Waals surface area contributed by atoms with E-state index in [1.54, 1.807) is 6.20 Å². The average Bonchev–Trinajstić information content (AvgIpc) is 2.86. The summed E-state index contributed by atoms with van der Waals surface area (Å²) in [5.41, 5.74) is 0. The predicted octanol–water partition coefficient (Wildman–Crippen LogP) is 4.50. The fraction of sp³-hybridized carbons (Fsp3) is 0.800. The molecule has 110 valence electrons. The molecule has 1 rings (SSSR count). The molecule has 19 heavy (non-hydrogen) atoms. The summed E-state index contributed by atoms with van der Waals surface area (Å²) < 4.78 is 7.62. The smallest absolute Gasteiger partial charge is 0.157 e. The molecule has 4 heteroatoms. The van der Waals surface area contributed by atoms with Gasteiger partial charge in [-0.15, -0.1) is 0 Å². The Bertz CT molecular complexity index is 326. The second-order valence-electron chi connectivity index (χ2n) is 5.30. The van der Waals surface area contributed by atoms with Crippen molar-refractivity contribution in [1.29, 1.82) is 0 Å². The minimum absolute atomic E-state index is 0.398. The number of rotatable bonds is 11. The summed E-state index contributed by atoms with van der Waals surface area (Å²) in [7, 11) is 0. The van der Waals surface area contributed by atoms with Crippen molar-refractivity contribution in [3.63, 3.8) is 0 Å². The molecule has 0 saturated carbocycles. The van der Waals surface area contributed by atoms with Gasteiger partial charge in [0, 0.05) is 6.04 Å². The third kappa shape index (κ3) is 7.51. The summed E-state index contributed by atoms with van der Waals surface area (Å²) in [6.07, 6.45) is 12.8. The van der Waals surface area contributed by atoms with E-state index in [4.69, 9.17) is 4.74 Å². The molecule has 0 spiro atoms. The van der Waals surface area contributed by atoms with E-state index in [2.05, 4.69) is 31.6 Å². The Hall–Kier alpha value is -0.640. The van der Waals surface area contributed by atoms with Crippen LogP contribution in [0.3, 0.4) is 0 Å². The van der Waals surface area contributed by atoms with E-state index in [1.807, 2.05) is 10.9 Å². The quantitative estimate of drug-likeness (QED) is 0.478. The molecule has 1 heterocycles. The van der Waals surface area contributed by atoms with Gasteiger partial charge < -0.3 is 4.74 Å². The summed E-state index contributed by atoms with van der Waals surface area (Å²) in [6.45, 7) is 5.04. The van der Waals surface area contributed by atoms with Crippen molar-refractivity contribution >= 4 is 12.6 Å². The highest BCUT2D eigenvalue weighted by molar-refractivity contribution is 7.80. The molecule has 0 amide bonds. The van der Waals surface area contributed by atoms with E-state index in [1.165, 1.54) is 38.5 Å². The lowest BCUT2D eigenvalue weighted by molar-refractivity contribution is 0.303. The molecule has 0 radical (unpaired) electrons. The summed E-state index contributed by atoms with van der Waals surface area (Å²) in [5.74, 6) is 1.92. The van der Waals surface area contributed by atoms with Crippen LogP contribution in [0.5, 0.6) is 5.75 Å². The number of unbranched alkanes of at least 4 members (excludes halogenated alkanes) is 6. The van der Waals surface area contributed by atoms with Crippen molar-refractivity contribution in [3.05, 3.63) is 12.4 Å². The van der Waals surface area contributed by atoms with Gasteiger partial charge in [0.05, 0.1) is 19.0 Å². The monoisotopic (exact) mass is 284 g/mol. The van der Waals surface area contributed by atoms with Gasteiger partial charge in [0.25, 0.3) is 0 Å². The molecule has 0 aliphatic heterocycles. The Balaban J connectivity index is 1.95. The Morgan fingerprint density at radius 3 is 2.32 bits per heavy atom. The molecular weight excluding hydrogens is 256 g/mol. The molecule has 0 N–H and O–H groups in total. The van der Waals surface area contributed by atoms with Crippen LogP contribution in [0.15, 0.2) is 12.4 Å². The highest BCUT2D eigenvalue weighted by Crippen LogP contribution is 2.13. The molecule has 1 aromatic rings. The average molecular weight is 284 g/mol. The zero-order chi connectivity index (χ0) is 13.9. The minimum Gasteiger partial charge on any atom is -0.490 e. The van der Waals surface area contributed by atoms with E-state index in [-0.39, 0.29) is 0 Å². The third-order valence-electron chi connectivity index (χ3n) is 3.18. The fourth-order valence-electron chi connectivity index (χ4n) is 1.97. The fourth-order valence-corrected chi connectivity index (χ4v) is 2.19. The van der Waals surface area contributed by atoms with Gasteiger partial charge in [0.2, 0.25) is 0 Å². The molecular formula is C15H28N2OS. The standard InChI is InChI=1S/C15H28N2OS/c1-14(2)17-13-15(12-16-17)18-10-8-6-4-3-5-7-9-11-19/h12-14,19H,3-11H2,1-2H3. The van der Waals surface area contributed by atoms with Crippen LogP contribution in [0.2, 0.25) is 0 Å². The summed E-state index contributed by atoms with van der Waals surface area (Å²) in [4.78, 5) is 0. The van der Waals surface area contributed by atoms with Gasteiger partial charge in [0.1, 0.15) is 0 Å². The molecule has 0 atom stereocenters. The Labute approximate surface area is 123 Å². The Kier molecular flexibility index (Phi) is 8.80. The zero-order valence-electron chi connectivity index (χ0n) is 12.3. The van der Waals surface area contributed by atoms with E-state index < -0.39 is 0 Å². The first-order chi connectivity index (χ1) is 9.24. The van der Waals surface area contributed by atoms with Gasteiger partial charge in [-0.25, -0.2) is 0 Å². The molecule has 0 fully saturated rings. The van der Waals surface area contributed by atoms with Crippen LogP contribution < -0.4 is 4.74 Å². The number of aromatic nitrogens is 2. The van der Waals surface area contributed by atoms with E-state index in [0.717, 1.165) is 24.5 Å². The first-order valence-electron chi connectivity index (χ1n) is 7.52. The molecule has 0 aliphatic rings. The van der Waals surface area contributed by atoms with Crippen LogP contribution >= 0.6 is 12.6 Å². The number of hydrogen-bond acceptors (Lipinski definition) is 3. The van der Waals surface area contributed by atoms with Crippen molar-refractivity contribution in [2.45, 2.75) is 64.8 Å². The molecule has 1 aromatic heterocycles. The van der Waals surface area contributed by atoms with Gasteiger partial charge in [0.15, 0.2) is 5.75 Å². The molecule has 0 bridgehead atoms. The maximum absolute atomic E-state index is 5.69. The molecule has 3 nitrogen and oxygen atoms in total. The second-order valence-corrected chi connectivity index (χ2v) is 5.74. The Morgan fingerprint density at radius 1 is 1.11 bits per heavy atom. The molecule has 0 unspecified atom stereocenters. The third-order valence-corrected chi connectivity index (χ3v) is 3.49. The van der Waals surface area contributed by atoms with Crippen molar-refractivity contribution < 1.29 is 4.74 Å². The molecule has 0 aliphatic carbocycles. The van der Waals surface area contributed by atoms with Gasteiger partial charge >= 0.3 is 0 Å². The normalized spacial score (nSPS) is 11.2. The van der Waals surface area contributed by atoms with Crippen LogP contribution in [0.1, 0.15) is 64.8 Å². The van der Waals surface area contributed by atoms with Crippen LogP contribution in [0, 0.1) is 0 Å². The summed E-state index contributed by atoms with van der Waals surface area (Å²) in [6, 6.07) is 0.398. The lowest BCUT2D eigenvalue weighted by Crippen LogP contribution is -2.00. The number of ether oxygens (including phenoxy) is 1. The van der Waals surface area contributed by atoms with Crippen LogP contribution in [-0.2, 0) is 0 Å². The van der Waals surface area contributed by atoms with Gasteiger partial charge in [-0.1, -0.05) is 32.1 Å². The van der Waals surface area contributed by atoms with Crippen molar-refractivity contribution in [1.82, 2.24) is 9.78 Å². The lowest BCUT2D eigenvalue weighted by atomic mass is 10.1. The van der Waals surface area contributed by atoms with Crippen LogP contribution in [-0.4, -0.2) is 22.1 Å². The predicted molar refractivity (Wildman–Crippen MR) is 84.3 cm³/mol. The SMILES string of the molecule is CC(C)n1cc(OCCCCCCCCCS)cn1. The second kappa shape index (κ2) is 10.2. The van der Waals surface area contributed by atoms with Crippen molar-refractivity contribution in [2.75, 3.05) is 12.4 Å². The van der Waals surface area contributed by atoms with Crippen LogP contribution in [0.4, 0.5) is 0 Å². The summed E-state index contributed by atoms with van der Waals surface area (Å²) in [5, 5.41) is 4.26. The van der Waals surface area contributed by atoms with E-state index >= 15 is 0 Å². The largest absolute Gasteiger partial charge is 0.490 e. The first kappa shape index (κ1) is 16.4. The van der Waals surface area contributed by atoms with Crippen LogP contribution in [0.25, 0.3) is 0 Å².